The summed E-state index contributed by atoms with van der Waals surface area (Å²) in [5, 5.41) is 3.06. The van der Waals surface area contributed by atoms with Crippen molar-refractivity contribution in [2.75, 3.05) is 5.32 Å². The van der Waals surface area contributed by atoms with Gasteiger partial charge in [0.15, 0.2) is 0 Å². The van der Waals surface area contributed by atoms with Gasteiger partial charge in [-0.25, -0.2) is 9.97 Å². The minimum absolute atomic E-state index is 0.115. The van der Waals surface area contributed by atoms with E-state index in [4.69, 9.17) is 4.98 Å². The number of hydrogen-bond acceptors (Lipinski definition) is 3. The Hall–Kier alpha value is -2.69. The number of nitrogens with one attached hydrogen (secondary N) is 2. The van der Waals surface area contributed by atoms with Crippen LogP contribution in [0.3, 0.4) is 0 Å². The molecule has 4 aliphatic carbocycles. The summed E-state index contributed by atoms with van der Waals surface area (Å²) in [6.45, 7) is 0. The molecule has 5 heteroatoms. The molecular weight excluding hydrogens is 372 g/mol. The van der Waals surface area contributed by atoms with Crippen LogP contribution >= 0.6 is 0 Å². The van der Waals surface area contributed by atoms with Crippen molar-refractivity contribution in [1.82, 2.24) is 15.0 Å². The minimum Gasteiger partial charge on any atom is -0.340 e. The molecule has 154 valence electrons. The maximum Gasteiger partial charge on any atom is 0.226 e. The van der Waals surface area contributed by atoms with Gasteiger partial charge in [-0.1, -0.05) is 30.3 Å². The predicted octanol–water partition coefficient (Wildman–Crippen LogP) is 5.09. The Morgan fingerprint density at radius 1 is 1.07 bits per heavy atom. The Balaban J connectivity index is 1.15. The number of aromatic nitrogens is 3. The van der Waals surface area contributed by atoms with E-state index in [0.717, 1.165) is 41.0 Å². The molecule has 0 aliphatic heterocycles. The summed E-state index contributed by atoms with van der Waals surface area (Å²) in [7, 11) is 0. The number of nitrogens with zero attached hydrogens (tertiary/aromatic N) is 2. The van der Waals surface area contributed by atoms with Gasteiger partial charge in [-0.2, -0.15) is 0 Å². The fourth-order valence-corrected chi connectivity index (χ4v) is 6.94. The lowest BCUT2D eigenvalue weighted by molar-refractivity contribution is -0.124. The fraction of sp³-hybridized carbons (Fsp3) is 0.480. The number of benzene rings is 1. The van der Waals surface area contributed by atoms with Gasteiger partial charge in [0.05, 0.1) is 17.2 Å². The Morgan fingerprint density at radius 3 is 2.47 bits per heavy atom. The molecule has 2 aromatic heterocycles. The molecule has 0 spiro atoms. The standard InChI is InChI=1S/C25H28N4O/c30-24(14-25-11-17-6-18(12-25)8-19(7-17)13-25)29-22-10-20-21(15-26-22)28-23(27-20)9-16-4-2-1-3-5-16/h1-5,10,15,17-19H,6-9,11-14H2,(H,27,28)(H,26,29,30). The van der Waals surface area contributed by atoms with E-state index in [-0.39, 0.29) is 11.3 Å². The second-order valence-electron chi connectivity index (χ2n) is 10.1. The highest BCUT2D eigenvalue weighted by Crippen LogP contribution is 2.61. The Morgan fingerprint density at radius 2 is 1.77 bits per heavy atom. The summed E-state index contributed by atoms with van der Waals surface area (Å²) in [6, 6.07) is 12.2. The zero-order valence-corrected chi connectivity index (χ0v) is 17.2. The lowest BCUT2D eigenvalue weighted by Crippen LogP contribution is -2.47. The molecular formula is C25H28N4O. The topological polar surface area (TPSA) is 70.7 Å². The lowest BCUT2D eigenvalue weighted by Gasteiger charge is -2.56. The van der Waals surface area contributed by atoms with Crippen molar-refractivity contribution in [2.24, 2.45) is 23.2 Å². The lowest BCUT2D eigenvalue weighted by atomic mass is 9.49. The van der Waals surface area contributed by atoms with Gasteiger partial charge in [-0.05, 0) is 67.3 Å². The fourth-order valence-electron chi connectivity index (χ4n) is 6.94. The maximum absolute atomic E-state index is 12.9. The molecule has 2 N–H and O–H groups in total. The molecule has 3 aromatic rings. The molecule has 0 radical (unpaired) electrons. The molecule has 5 nitrogen and oxygen atoms in total. The number of imidazole rings is 1. The van der Waals surface area contributed by atoms with Gasteiger partial charge in [0.25, 0.3) is 0 Å². The van der Waals surface area contributed by atoms with Crippen molar-refractivity contribution in [2.45, 2.75) is 51.4 Å². The van der Waals surface area contributed by atoms with Crippen molar-refractivity contribution in [3.63, 3.8) is 0 Å². The summed E-state index contributed by atoms with van der Waals surface area (Å²) < 4.78 is 0. The maximum atomic E-state index is 12.9. The van der Waals surface area contributed by atoms with Crippen molar-refractivity contribution < 1.29 is 4.79 Å². The third kappa shape index (κ3) is 3.40. The summed E-state index contributed by atoms with van der Waals surface area (Å²) in [6.07, 6.45) is 11.1. The number of fused-ring (bicyclic) bond motifs is 1. The van der Waals surface area contributed by atoms with Crippen LogP contribution in [0.2, 0.25) is 0 Å². The highest BCUT2D eigenvalue weighted by atomic mass is 16.1. The molecule has 0 atom stereocenters. The van der Waals surface area contributed by atoms with E-state index in [2.05, 4.69) is 27.4 Å². The Bertz CT molecular complexity index is 1050. The SMILES string of the molecule is O=C(CC12CC3CC(CC(C3)C1)C2)Nc1cc2nc(Cc3ccccc3)[nH]c2cn1. The van der Waals surface area contributed by atoms with E-state index in [1.807, 2.05) is 24.3 Å². The molecule has 2 heterocycles. The molecule has 4 fully saturated rings. The van der Waals surface area contributed by atoms with Crippen LogP contribution in [0.4, 0.5) is 5.82 Å². The van der Waals surface area contributed by atoms with Crippen LogP contribution in [0.15, 0.2) is 42.6 Å². The van der Waals surface area contributed by atoms with Gasteiger partial charge in [0, 0.05) is 18.9 Å². The molecule has 4 bridgehead atoms. The summed E-state index contributed by atoms with van der Waals surface area (Å²) in [4.78, 5) is 25.4. The first-order chi connectivity index (χ1) is 14.6. The minimum atomic E-state index is 0.115. The van der Waals surface area contributed by atoms with Crippen molar-refractivity contribution in [3.05, 3.63) is 54.0 Å². The van der Waals surface area contributed by atoms with E-state index < -0.39 is 0 Å². The molecule has 4 aliphatic rings. The largest absolute Gasteiger partial charge is 0.340 e. The number of carbonyl (C=O) groups is 1. The van der Waals surface area contributed by atoms with Crippen molar-refractivity contribution in [1.29, 1.82) is 0 Å². The molecule has 1 aromatic carbocycles. The van der Waals surface area contributed by atoms with Gasteiger partial charge in [0.1, 0.15) is 11.6 Å². The first kappa shape index (κ1) is 18.1. The smallest absolute Gasteiger partial charge is 0.226 e. The monoisotopic (exact) mass is 400 g/mol. The van der Waals surface area contributed by atoms with Gasteiger partial charge in [0.2, 0.25) is 5.91 Å². The van der Waals surface area contributed by atoms with Crippen LogP contribution in [0, 0.1) is 23.2 Å². The van der Waals surface area contributed by atoms with E-state index in [0.29, 0.717) is 12.2 Å². The van der Waals surface area contributed by atoms with Crippen LogP contribution in [0.5, 0.6) is 0 Å². The van der Waals surface area contributed by atoms with Crippen LogP contribution in [-0.4, -0.2) is 20.9 Å². The highest BCUT2D eigenvalue weighted by molar-refractivity contribution is 5.92. The summed E-state index contributed by atoms with van der Waals surface area (Å²) in [5.74, 6) is 4.23. The van der Waals surface area contributed by atoms with E-state index in [1.54, 1.807) is 6.20 Å². The second-order valence-corrected chi connectivity index (χ2v) is 10.1. The molecule has 0 unspecified atom stereocenters. The first-order valence-electron chi connectivity index (χ1n) is 11.3. The van der Waals surface area contributed by atoms with Crippen molar-refractivity contribution in [3.8, 4) is 0 Å². The normalized spacial score (nSPS) is 29.4. The van der Waals surface area contributed by atoms with Crippen LogP contribution in [-0.2, 0) is 11.2 Å². The third-order valence-corrected chi connectivity index (χ3v) is 7.60. The van der Waals surface area contributed by atoms with Crippen LogP contribution in [0.1, 0.15) is 56.3 Å². The number of rotatable bonds is 5. The molecule has 7 rings (SSSR count). The number of anilines is 1. The molecule has 0 saturated heterocycles. The van der Waals surface area contributed by atoms with Gasteiger partial charge < -0.3 is 10.3 Å². The quantitative estimate of drug-likeness (QED) is 0.626. The van der Waals surface area contributed by atoms with E-state index in [1.165, 1.54) is 44.1 Å². The predicted molar refractivity (Wildman–Crippen MR) is 117 cm³/mol. The van der Waals surface area contributed by atoms with Gasteiger partial charge in [-0.3, -0.25) is 4.79 Å². The average Bonchev–Trinajstić information content (AvgIpc) is 3.08. The summed E-state index contributed by atoms with van der Waals surface area (Å²) >= 11 is 0. The summed E-state index contributed by atoms with van der Waals surface area (Å²) in [5.41, 5.74) is 3.22. The van der Waals surface area contributed by atoms with Crippen LogP contribution < -0.4 is 5.32 Å². The zero-order valence-electron chi connectivity index (χ0n) is 17.2. The first-order valence-corrected chi connectivity index (χ1v) is 11.3. The van der Waals surface area contributed by atoms with Gasteiger partial charge >= 0.3 is 0 Å². The molecule has 30 heavy (non-hydrogen) atoms. The number of carbonyl (C=O) groups excluding carboxylic acids is 1. The zero-order chi connectivity index (χ0) is 20.1. The molecule has 4 saturated carbocycles. The van der Waals surface area contributed by atoms with E-state index in [9.17, 15) is 4.79 Å². The average molecular weight is 401 g/mol. The molecule has 1 amide bonds. The number of amides is 1. The Labute approximate surface area is 176 Å². The highest BCUT2D eigenvalue weighted by Gasteiger charge is 2.51. The number of H-pyrrole nitrogens is 1. The van der Waals surface area contributed by atoms with E-state index >= 15 is 0 Å². The van der Waals surface area contributed by atoms with Crippen molar-refractivity contribution >= 4 is 22.8 Å². The van der Waals surface area contributed by atoms with Crippen LogP contribution in [0.25, 0.3) is 11.0 Å². The number of pyridine rings is 1. The van der Waals surface area contributed by atoms with Gasteiger partial charge in [-0.15, -0.1) is 0 Å². The second kappa shape index (κ2) is 6.93. The number of aromatic amines is 1. The Kier molecular flexibility index (Phi) is 4.18. The number of hydrogen-bond donors (Lipinski definition) is 2. The third-order valence-electron chi connectivity index (χ3n) is 7.60.